The zero-order valence-electron chi connectivity index (χ0n) is 12.5. The van der Waals surface area contributed by atoms with E-state index in [1.165, 1.54) is 4.90 Å². The molecule has 0 spiro atoms. The van der Waals surface area contributed by atoms with Crippen molar-refractivity contribution >= 4 is 17.9 Å². The van der Waals surface area contributed by atoms with E-state index in [2.05, 4.69) is 4.74 Å². The minimum atomic E-state index is -2.42. The fourth-order valence-electron chi connectivity index (χ4n) is 2.53. The van der Waals surface area contributed by atoms with Crippen molar-refractivity contribution in [2.24, 2.45) is 5.73 Å². The number of amides is 3. The lowest BCUT2D eigenvalue weighted by molar-refractivity contribution is -0.225. The second-order valence-corrected chi connectivity index (χ2v) is 5.45. The van der Waals surface area contributed by atoms with Crippen molar-refractivity contribution < 1.29 is 28.3 Å². The first-order valence-electron chi connectivity index (χ1n) is 6.81. The Morgan fingerprint density at radius 2 is 2.09 bits per heavy atom. The lowest BCUT2D eigenvalue weighted by atomic mass is 10.0. The van der Waals surface area contributed by atoms with Gasteiger partial charge in [-0.2, -0.15) is 5.06 Å². The number of ether oxygens (including phenoxy) is 1. The van der Waals surface area contributed by atoms with Crippen molar-refractivity contribution in [1.82, 2.24) is 9.96 Å². The number of fused-ring (bicyclic) bond motifs is 2. The highest BCUT2D eigenvalue weighted by molar-refractivity contribution is 5.90. The molecule has 22 heavy (non-hydrogen) atoms. The van der Waals surface area contributed by atoms with Gasteiger partial charge in [-0.1, -0.05) is 6.08 Å². The van der Waals surface area contributed by atoms with Crippen LogP contribution in [0.3, 0.4) is 0 Å². The lowest BCUT2D eigenvalue weighted by Gasteiger charge is -2.27. The molecule has 1 fully saturated rings. The van der Waals surface area contributed by atoms with Crippen molar-refractivity contribution in [3.8, 4) is 0 Å². The number of carbonyl (C=O) groups is 3. The third-order valence-electron chi connectivity index (χ3n) is 3.33. The molecule has 1 saturated heterocycles. The number of hydrogen-bond donors (Lipinski definition) is 1. The summed E-state index contributed by atoms with van der Waals surface area (Å²) in [5.74, 6) is -1.90. The van der Waals surface area contributed by atoms with E-state index < -0.39 is 42.5 Å². The number of rotatable bonds is 5. The number of halogens is 1. The normalized spacial score (nSPS) is 25.3. The Bertz CT molecular complexity index is 536. The van der Waals surface area contributed by atoms with Crippen molar-refractivity contribution in [1.29, 1.82) is 0 Å². The Hall–Kier alpha value is -2.16. The number of hydroxylamine groups is 2. The van der Waals surface area contributed by atoms with Gasteiger partial charge in [0.15, 0.2) is 0 Å². The van der Waals surface area contributed by atoms with E-state index in [-0.39, 0.29) is 6.54 Å². The van der Waals surface area contributed by atoms with Gasteiger partial charge in [0.2, 0.25) is 5.91 Å². The van der Waals surface area contributed by atoms with Crippen LogP contribution in [-0.4, -0.2) is 59.0 Å². The van der Waals surface area contributed by atoms with Gasteiger partial charge in [0, 0.05) is 0 Å². The molecule has 2 heterocycles. The van der Waals surface area contributed by atoms with Crippen LogP contribution >= 0.6 is 0 Å². The molecule has 2 aliphatic heterocycles. The molecule has 122 valence electrons. The quantitative estimate of drug-likeness (QED) is 0.572. The molecule has 2 bridgehead atoms. The summed E-state index contributed by atoms with van der Waals surface area (Å²) in [5.41, 5.74) is 5.85. The van der Waals surface area contributed by atoms with Crippen LogP contribution in [0.2, 0.25) is 0 Å². The first kappa shape index (κ1) is 16.2. The molecule has 2 aliphatic rings. The van der Waals surface area contributed by atoms with Crippen LogP contribution < -0.4 is 5.73 Å². The summed E-state index contributed by atoms with van der Waals surface area (Å²) < 4.78 is 18.4. The van der Waals surface area contributed by atoms with Crippen LogP contribution in [0.5, 0.6) is 0 Å². The van der Waals surface area contributed by atoms with Crippen molar-refractivity contribution in [3.63, 3.8) is 0 Å². The molecule has 0 saturated carbocycles. The average Bonchev–Trinajstić information content (AvgIpc) is 2.62. The van der Waals surface area contributed by atoms with Crippen LogP contribution in [0.15, 0.2) is 11.6 Å². The summed E-state index contributed by atoms with van der Waals surface area (Å²) in [6.45, 7) is 4.91. The molecule has 0 aliphatic carbocycles. The fraction of sp³-hybridized carbons (Fsp3) is 0.615. The zero-order chi connectivity index (χ0) is 16.6. The predicted octanol–water partition coefficient (Wildman–Crippen LogP) is 0.0852. The standard InChI is InChI=1S/C13H18FN3O5/c1-6(2)21-12(19)10(14)22-17-8-4-7(3)9(11(15)18)16(5-8)13(17)20/h4,6,8-10H,5H2,1-3H3,(H2,15,18)/t8-,9+,10+/m1/s1. The highest BCUT2D eigenvalue weighted by Crippen LogP contribution is 2.30. The van der Waals surface area contributed by atoms with Crippen LogP contribution in [-0.2, 0) is 19.2 Å². The molecule has 2 rings (SSSR count). The second kappa shape index (κ2) is 5.91. The molecular weight excluding hydrogens is 297 g/mol. The maximum atomic E-state index is 13.8. The van der Waals surface area contributed by atoms with Crippen LogP contribution in [0.1, 0.15) is 20.8 Å². The Kier molecular flexibility index (Phi) is 4.36. The summed E-state index contributed by atoms with van der Waals surface area (Å²) in [4.78, 5) is 41.0. The maximum Gasteiger partial charge on any atom is 0.371 e. The van der Waals surface area contributed by atoms with Crippen molar-refractivity contribution in [2.75, 3.05) is 6.54 Å². The summed E-state index contributed by atoms with van der Waals surface area (Å²) in [5, 5.41) is 0.735. The van der Waals surface area contributed by atoms with Crippen LogP contribution in [0.4, 0.5) is 9.18 Å². The smallest absolute Gasteiger partial charge is 0.371 e. The number of urea groups is 1. The minimum Gasteiger partial charge on any atom is -0.459 e. The average molecular weight is 315 g/mol. The van der Waals surface area contributed by atoms with Gasteiger partial charge in [0.05, 0.1) is 18.7 Å². The summed E-state index contributed by atoms with van der Waals surface area (Å²) in [7, 11) is 0. The first-order chi connectivity index (χ1) is 10.2. The second-order valence-electron chi connectivity index (χ2n) is 5.45. The molecule has 8 nitrogen and oxygen atoms in total. The number of alkyl halides is 1. The third-order valence-corrected chi connectivity index (χ3v) is 3.33. The highest BCUT2D eigenvalue weighted by Gasteiger charge is 2.48. The van der Waals surface area contributed by atoms with Gasteiger partial charge >= 0.3 is 18.4 Å². The van der Waals surface area contributed by atoms with Crippen LogP contribution in [0, 0.1) is 0 Å². The Labute approximate surface area is 126 Å². The Morgan fingerprint density at radius 1 is 1.45 bits per heavy atom. The van der Waals surface area contributed by atoms with Gasteiger partial charge in [-0.15, -0.1) is 0 Å². The number of nitrogens with two attached hydrogens (primary N) is 1. The van der Waals surface area contributed by atoms with E-state index in [1.54, 1.807) is 26.8 Å². The Balaban J connectivity index is 2.10. The van der Waals surface area contributed by atoms with Gasteiger partial charge in [-0.3, -0.25) is 4.79 Å². The molecule has 0 unspecified atom stereocenters. The fourth-order valence-corrected chi connectivity index (χ4v) is 2.53. The molecular formula is C13H18FN3O5. The van der Waals surface area contributed by atoms with Crippen molar-refractivity contribution in [3.05, 3.63) is 11.6 Å². The van der Waals surface area contributed by atoms with Gasteiger partial charge in [0.25, 0.3) is 0 Å². The number of carbonyl (C=O) groups excluding carboxylic acids is 3. The van der Waals surface area contributed by atoms with E-state index >= 15 is 0 Å². The van der Waals surface area contributed by atoms with E-state index in [0.29, 0.717) is 5.57 Å². The molecule has 0 aromatic rings. The number of nitrogens with zero attached hydrogens (tertiary/aromatic N) is 2. The Morgan fingerprint density at radius 3 is 2.64 bits per heavy atom. The zero-order valence-corrected chi connectivity index (χ0v) is 12.5. The minimum absolute atomic E-state index is 0.135. The van der Waals surface area contributed by atoms with Gasteiger partial charge < -0.3 is 15.4 Å². The monoisotopic (exact) mass is 315 g/mol. The van der Waals surface area contributed by atoms with Crippen LogP contribution in [0.25, 0.3) is 0 Å². The van der Waals surface area contributed by atoms with Gasteiger partial charge in [-0.25, -0.2) is 18.8 Å². The summed E-state index contributed by atoms with van der Waals surface area (Å²) in [6, 6.07) is -2.20. The molecule has 0 aromatic heterocycles. The van der Waals surface area contributed by atoms with E-state index in [9.17, 15) is 18.8 Å². The third kappa shape index (κ3) is 2.89. The van der Waals surface area contributed by atoms with E-state index in [4.69, 9.17) is 10.6 Å². The van der Waals surface area contributed by atoms with E-state index in [0.717, 1.165) is 5.06 Å². The first-order valence-corrected chi connectivity index (χ1v) is 6.81. The largest absolute Gasteiger partial charge is 0.459 e. The maximum absolute atomic E-state index is 13.8. The summed E-state index contributed by atoms with van der Waals surface area (Å²) in [6.07, 6.45) is -1.34. The predicted molar refractivity (Wildman–Crippen MR) is 71.7 cm³/mol. The van der Waals surface area contributed by atoms with Crippen molar-refractivity contribution in [2.45, 2.75) is 45.3 Å². The van der Waals surface area contributed by atoms with Gasteiger partial charge in [0.1, 0.15) is 6.04 Å². The highest BCUT2D eigenvalue weighted by atomic mass is 19.1. The van der Waals surface area contributed by atoms with Gasteiger partial charge in [-0.05, 0) is 26.3 Å². The lowest BCUT2D eigenvalue weighted by Crippen LogP contribution is -2.48. The number of esters is 1. The SMILES string of the molecule is CC1=C[C@@H]2CN(C(=O)N2O[C@H](F)C(=O)OC(C)C)[C@@H]1C(N)=O. The van der Waals surface area contributed by atoms with E-state index in [1.807, 2.05) is 0 Å². The molecule has 0 radical (unpaired) electrons. The molecule has 2 N–H and O–H groups in total. The molecule has 0 aromatic carbocycles. The molecule has 3 atom stereocenters. The number of primary amides is 1. The molecule has 9 heteroatoms. The topological polar surface area (TPSA) is 102 Å². The molecule has 3 amide bonds. The number of hydrogen-bond acceptors (Lipinski definition) is 5. The summed E-state index contributed by atoms with van der Waals surface area (Å²) >= 11 is 0.